The quantitative estimate of drug-likeness (QED) is 0.535. The van der Waals surface area contributed by atoms with E-state index in [1.807, 2.05) is 34.8 Å². The van der Waals surface area contributed by atoms with Gasteiger partial charge in [-0.3, -0.25) is 14.5 Å². The second kappa shape index (κ2) is 9.94. The van der Waals surface area contributed by atoms with E-state index in [2.05, 4.69) is 23.6 Å². The number of aryl methyl sites for hydroxylation is 1. The van der Waals surface area contributed by atoms with E-state index < -0.39 is 10.2 Å². The topological polar surface area (TPSA) is 100 Å². The lowest BCUT2D eigenvalue weighted by molar-refractivity contribution is 0.0613. The molecule has 10 heteroatoms. The van der Waals surface area contributed by atoms with Crippen LogP contribution in [0.25, 0.3) is 11.0 Å². The number of carbonyl (C=O) groups is 1. The van der Waals surface area contributed by atoms with Crippen molar-refractivity contribution in [3.05, 3.63) is 53.6 Å². The van der Waals surface area contributed by atoms with E-state index in [0.29, 0.717) is 34.7 Å². The monoisotopic (exact) mass is 498 g/mol. The summed E-state index contributed by atoms with van der Waals surface area (Å²) in [5.74, 6) is 1.11. The Morgan fingerprint density at radius 1 is 1.26 bits per heavy atom. The Morgan fingerprint density at radius 3 is 2.69 bits per heavy atom. The zero-order chi connectivity index (χ0) is 25.3. The number of nitrogens with one attached hydrogen (secondary N) is 1. The Hall–Kier alpha value is -2.98. The molecule has 1 aliphatic rings. The Morgan fingerprint density at radius 2 is 2.03 bits per heavy atom. The van der Waals surface area contributed by atoms with Crippen molar-refractivity contribution in [3.63, 3.8) is 0 Å². The van der Waals surface area contributed by atoms with Crippen molar-refractivity contribution in [2.75, 3.05) is 25.4 Å². The summed E-state index contributed by atoms with van der Waals surface area (Å²) < 4.78 is 30.8. The molecule has 35 heavy (non-hydrogen) atoms. The molecule has 0 spiro atoms. The summed E-state index contributed by atoms with van der Waals surface area (Å²) in [6, 6.07) is 7.16. The van der Waals surface area contributed by atoms with Crippen molar-refractivity contribution in [1.82, 2.24) is 23.7 Å². The third-order valence-electron chi connectivity index (χ3n) is 6.44. The van der Waals surface area contributed by atoms with E-state index in [0.717, 1.165) is 41.4 Å². The maximum absolute atomic E-state index is 14.1. The molecule has 3 aromatic rings. The summed E-state index contributed by atoms with van der Waals surface area (Å²) in [6.45, 7) is 4.87. The molecule has 0 aliphatic carbocycles. The van der Waals surface area contributed by atoms with Crippen molar-refractivity contribution in [2.45, 2.75) is 45.6 Å². The average Bonchev–Trinajstić information content (AvgIpc) is 3.12. The first-order chi connectivity index (χ1) is 16.6. The summed E-state index contributed by atoms with van der Waals surface area (Å²) >= 11 is 0. The number of hydrogen-bond acceptors (Lipinski definition) is 5. The van der Waals surface area contributed by atoms with Gasteiger partial charge in [-0.05, 0) is 48.9 Å². The first-order valence-corrected chi connectivity index (χ1v) is 13.4. The summed E-state index contributed by atoms with van der Waals surface area (Å²) in [5.41, 5.74) is 3.08. The molecule has 1 fully saturated rings. The second-order valence-corrected chi connectivity index (χ2v) is 11.6. The maximum Gasteiger partial charge on any atom is 0.301 e. The number of imidazole rings is 1. The number of carbonyl (C=O) groups excluding carboxylic acids is 1. The van der Waals surface area contributed by atoms with Crippen LogP contribution < -0.4 is 4.72 Å². The van der Waals surface area contributed by atoms with Crippen LogP contribution in [-0.2, 0) is 23.7 Å². The summed E-state index contributed by atoms with van der Waals surface area (Å²) in [6.07, 6.45) is 7.11. The van der Waals surface area contributed by atoms with Gasteiger partial charge >= 0.3 is 10.2 Å². The highest BCUT2D eigenvalue weighted by atomic mass is 32.2. The van der Waals surface area contributed by atoms with Gasteiger partial charge in [0.05, 0.1) is 28.3 Å². The van der Waals surface area contributed by atoms with Crippen LogP contribution in [0.15, 0.2) is 36.7 Å². The fourth-order valence-corrected chi connectivity index (χ4v) is 5.26. The number of nitrogens with zero attached hydrogens (tertiary/aromatic N) is 5. The van der Waals surface area contributed by atoms with Crippen molar-refractivity contribution < 1.29 is 13.2 Å². The minimum Gasteiger partial charge on any atom is -0.331 e. The predicted octanol–water partition coefficient (Wildman–Crippen LogP) is 3.75. The number of aromatic nitrogens is 3. The highest BCUT2D eigenvalue weighted by Gasteiger charge is 2.31. The van der Waals surface area contributed by atoms with E-state index >= 15 is 0 Å². The number of hydrogen-bond donors (Lipinski definition) is 1. The molecule has 0 radical (unpaired) electrons. The van der Waals surface area contributed by atoms with Crippen LogP contribution in [0.1, 0.15) is 60.9 Å². The molecule has 1 atom stereocenters. The number of benzene rings is 1. The minimum atomic E-state index is -3.75. The van der Waals surface area contributed by atoms with Crippen LogP contribution >= 0.6 is 0 Å². The van der Waals surface area contributed by atoms with E-state index in [-0.39, 0.29) is 11.9 Å². The molecular weight excluding hydrogens is 464 g/mol. The van der Waals surface area contributed by atoms with E-state index in [4.69, 9.17) is 4.98 Å². The van der Waals surface area contributed by atoms with Crippen LogP contribution in [-0.4, -0.2) is 58.7 Å². The summed E-state index contributed by atoms with van der Waals surface area (Å²) in [7, 11) is 1.09. The molecule has 1 amide bonds. The Labute approximate surface area is 207 Å². The van der Waals surface area contributed by atoms with Crippen molar-refractivity contribution in [2.24, 2.45) is 13.0 Å². The van der Waals surface area contributed by atoms with E-state index in [1.165, 1.54) is 14.1 Å². The standard InChI is InChI=1S/C25H34N6O3S/c1-17(2)13-23-27-21-15-19(28-35(33,34)29(3)4)14-20(24(21)30(23)5)25(32)31-12-7-6-10-22(31)18-9-8-11-26-16-18/h8-9,11,14-17,22,28H,6-7,10,12-13H2,1-5H3/t22-/m0/s1. The molecule has 1 aromatic carbocycles. The summed E-state index contributed by atoms with van der Waals surface area (Å²) in [5, 5.41) is 0. The molecule has 188 valence electrons. The van der Waals surface area contributed by atoms with Gasteiger partial charge in [-0.15, -0.1) is 0 Å². The second-order valence-electron chi connectivity index (χ2n) is 9.76. The molecule has 4 rings (SSSR count). The first kappa shape index (κ1) is 25.1. The lowest BCUT2D eigenvalue weighted by atomic mass is 9.95. The molecule has 0 unspecified atom stereocenters. The maximum atomic E-state index is 14.1. The van der Waals surface area contributed by atoms with E-state index in [1.54, 1.807) is 18.3 Å². The van der Waals surface area contributed by atoms with Gasteiger partial charge in [-0.25, -0.2) is 4.98 Å². The van der Waals surface area contributed by atoms with Crippen molar-refractivity contribution >= 4 is 32.8 Å². The van der Waals surface area contributed by atoms with Gasteiger partial charge in [-0.2, -0.15) is 12.7 Å². The van der Waals surface area contributed by atoms with Crippen molar-refractivity contribution in [3.8, 4) is 0 Å². The minimum absolute atomic E-state index is 0.0783. The van der Waals surface area contributed by atoms with E-state index in [9.17, 15) is 13.2 Å². The molecule has 2 aromatic heterocycles. The number of piperidine rings is 1. The smallest absolute Gasteiger partial charge is 0.301 e. The van der Waals surface area contributed by atoms with Gasteiger partial charge in [0.15, 0.2) is 0 Å². The number of likely N-dealkylation sites (tertiary alicyclic amines) is 1. The first-order valence-electron chi connectivity index (χ1n) is 12.0. The third kappa shape index (κ3) is 5.18. The molecular formula is C25H34N6O3S. The SMILES string of the molecule is CC(C)Cc1nc2cc(NS(=O)(=O)N(C)C)cc(C(=O)N3CCCC[C@H]3c3cccnc3)c2n1C. The number of amides is 1. The fourth-order valence-electron chi connectivity index (χ4n) is 4.66. The highest BCUT2D eigenvalue weighted by molar-refractivity contribution is 7.90. The van der Waals surface area contributed by atoms with Crippen LogP contribution in [0.4, 0.5) is 5.69 Å². The molecule has 1 N–H and O–H groups in total. The number of rotatable bonds is 7. The zero-order valence-corrected chi connectivity index (χ0v) is 21.8. The van der Waals surface area contributed by atoms with Gasteiger partial charge in [0.2, 0.25) is 0 Å². The molecule has 1 aliphatic heterocycles. The Bertz CT molecular complexity index is 1320. The largest absolute Gasteiger partial charge is 0.331 e. The molecule has 9 nitrogen and oxygen atoms in total. The lowest BCUT2D eigenvalue weighted by Gasteiger charge is -2.36. The van der Waals surface area contributed by atoms with Crippen LogP contribution in [0.3, 0.4) is 0 Å². The average molecular weight is 499 g/mol. The van der Waals surface area contributed by atoms with Gasteiger partial charge in [0.1, 0.15) is 5.82 Å². The number of pyridine rings is 1. The lowest BCUT2D eigenvalue weighted by Crippen LogP contribution is -2.38. The fraction of sp³-hybridized carbons (Fsp3) is 0.480. The van der Waals surface area contributed by atoms with Crippen LogP contribution in [0.2, 0.25) is 0 Å². The van der Waals surface area contributed by atoms with Gasteiger partial charge in [-0.1, -0.05) is 19.9 Å². The van der Waals surface area contributed by atoms with Crippen LogP contribution in [0.5, 0.6) is 0 Å². The number of anilines is 1. The Balaban J connectivity index is 1.84. The summed E-state index contributed by atoms with van der Waals surface area (Å²) in [4.78, 5) is 25.1. The molecule has 1 saturated heterocycles. The van der Waals surface area contributed by atoms with Crippen molar-refractivity contribution in [1.29, 1.82) is 0 Å². The zero-order valence-electron chi connectivity index (χ0n) is 21.0. The Kier molecular flexibility index (Phi) is 7.14. The highest BCUT2D eigenvalue weighted by Crippen LogP contribution is 2.34. The van der Waals surface area contributed by atoms with Crippen LogP contribution in [0, 0.1) is 5.92 Å². The molecule has 0 saturated carbocycles. The molecule has 3 heterocycles. The predicted molar refractivity (Wildman–Crippen MR) is 137 cm³/mol. The molecule has 0 bridgehead atoms. The van der Waals surface area contributed by atoms with Gasteiger partial charge < -0.3 is 9.47 Å². The van der Waals surface area contributed by atoms with Gasteiger partial charge in [0, 0.05) is 46.5 Å². The normalized spacial score (nSPS) is 16.9. The van der Waals surface area contributed by atoms with Gasteiger partial charge in [0.25, 0.3) is 5.91 Å². The third-order valence-corrected chi connectivity index (χ3v) is 7.90. The number of fused-ring (bicyclic) bond motifs is 1.